The highest BCUT2D eigenvalue weighted by Gasteiger charge is 2.31. The molecule has 1 aromatic carbocycles. The second kappa shape index (κ2) is 11.1. The Hall–Kier alpha value is -3.81. The average molecular weight is 478 g/mol. The minimum Gasteiger partial charge on any atom is -0.456 e. The van der Waals surface area contributed by atoms with E-state index >= 15 is 0 Å². The number of furan rings is 2. The summed E-state index contributed by atoms with van der Waals surface area (Å²) in [4.78, 5) is 37.4. The number of nitrogens with one attached hydrogen (secondary N) is 3. The molecule has 0 saturated heterocycles. The summed E-state index contributed by atoms with van der Waals surface area (Å²) in [6.45, 7) is 2.14. The van der Waals surface area contributed by atoms with Gasteiger partial charge in [-0.25, -0.2) is 0 Å². The summed E-state index contributed by atoms with van der Waals surface area (Å²) in [6, 6.07) is 13.7. The minimum absolute atomic E-state index is 0.131. The molecule has 8 nitrogen and oxygen atoms in total. The zero-order valence-corrected chi connectivity index (χ0v) is 20.1. The second-order valence-electron chi connectivity index (χ2n) is 8.92. The Morgan fingerprint density at radius 3 is 2.23 bits per heavy atom. The van der Waals surface area contributed by atoms with Gasteiger partial charge >= 0.3 is 0 Å². The highest BCUT2D eigenvalue weighted by atomic mass is 16.4. The van der Waals surface area contributed by atoms with Crippen molar-refractivity contribution in [3.05, 3.63) is 71.4 Å². The number of amides is 3. The van der Waals surface area contributed by atoms with Gasteiger partial charge in [-0.3, -0.25) is 14.4 Å². The third kappa shape index (κ3) is 6.01. The van der Waals surface area contributed by atoms with E-state index in [2.05, 4.69) is 16.0 Å². The summed E-state index contributed by atoms with van der Waals surface area (Å²) in [6.07, 6.45) is 5.16. The minimum atomic E-state index is -0.569. The van der Waals surface area contributed by atoms with Gasteiger partial charge < -0.3 is 24.8 Å². The Labute approximate surface area is 204 Å². The van der Waals surface area contributed by atoms with Crippen molar-refractivity contribution in [2.75, 3.05) is 7.05 Å². The lowest BCUT2D eigenvalue weighted by Gasteiger charge is -2.29. The van der Waals surface area contributed by atoms with Gasteiger partial charge in [0.1, 0.15) is 17.6 Å². The lowest BCUT2D eigenvalue weighted by atomic mass is 9.83. The molecular weight excluding hydrogens is 446 g/mol. The molecule has 1 aliphatic carbocycles. The van der Waals surface area contributed by atoms with Gasteiger partial charge in [-0.15, -0.1) is 0 Å². The molecule has 1 saturated carbocycles. The fourth-order valence-corrected chi connectivity index (χ4v) is 4.46. The first-order valence-corrected chi connectivity index (χ1v) is 12.0. The average Bonchev–Trinajstić information content (AvgIpc) is 3.56. The standard InChI is InChI=1S/C27H31N3O5/c1-17-8-13-22(34-17)25(31)29-16-18-9-11-19(12-10-18)21-14-15-23(35-21)26(32)30-24(27(33)28-2)20-6-4-3-5-7-20/h8-15,20,24H,3-7,16H2,1-2H3,(H,28,33)(H,29,31)(H,30,32). The molecule has 35 heavy (non-hydrogen) atoms. The molecule has 3 amide bonds. The molecule has 1 atom stereocenters. The van der Waals surface area contributed by atoms with Gasteiger partial charge in [-0.2, -0.15) is 0 Å². The lowest BCUT2D eigenvalue weighted by molar-refractivity contribution is -0.124. The van der Waals surface area contributed by atoms with Gasteiger partial charge in [0, 0.05) is 19.2 Å². The quantitative estimate of drug-likeness (QED) is 0.450. The number of carbonyl (C=O) groups is 3. The monoisotopic (exact) mass is 477 g/mol. The number of aryl methyl sites for hydroxylation is 1. The van der Waals surface area contributed by atoms with Crippen LogP contribution in [0.25, 0.3) is 11.3 Å². The van der Waals surface area contributed by atoms with Gasteiger partial charge in [0.2, 0.25) is 5.91 Å². The molecule has 3 aromatic rings. The predicted molar refractivity (Wildman–Crippen MR) is 131 cm³/mol. The fourth-order valence-electron chi connectivity index (χ4n) is 4.46. The topological polar surface area (TPSA) is 114 Å². The largest absolute Gasteiger partial charge is 0.456 e. The van der Waals surface area contributed by atoms with Crippen molar-refractivity contribution < 1.29 is 23.2 Å². The van der Waals surface area contributed by atoms with Crippen molar-refractivity contribution in [3.63, 3.8) is 0 Å². The molecule has 1 unspecified atom stereocenters. The number of rotatable bonds is 8. The molecule has 2 heterocycles. The van der Waals surface area contributed by atoms with Crippen LogP contribution in [0.15, 0.2) is 57.4 Å². The van der Waals surface area contributed by atoms with Crippen LogP contribution in [0, 0.1) is 12.8 Å². The number of carbonyl (C=O) groups excluding carboxylic acids is 3. The molecule has 2 aromatic heterocycles. The van der Waals surface area contributed by atoms with E-state index in [1.807, 2.05) is 24.3 Å². The molecule has 0 bridgehead atoms. The molecular formula is C27H31N3O5. The Balaban J connectivity index is 1.37. The summed E-state index contributed by atoms with van der Waals surface area (Å²) in [5.41, 5.74) is 1.71. The summed E-state index contributed by atoms with van der Waals surface area (Å²) >= 11 is 0. The summed E-state index contributed by atoms with van der Waals surface area (Å²) in [5, 5.41) is 8.37. The second-order valence-corrected chi connectivity index (χ2v) is 8.92. The maximum Gasteiger partial charge on any atom is 0.287 e. The number of likely N-dealkylation sites (N-methyl/N-ethyl adjacent to an activating group) is 1. The number of benzene rings is 1. The molecule has 4 rings (SSSR count). The summed E-state index contributed by atoms with van der Waals surface area (Å²) in [5.74, 6) is 0.955. The van der Waals surface area contributed by atoms with Crippen molar-refractivity contribution in [1.82, 2.24) is 16.0 Å². The first-order valence-electron chi connectivity index (χ1n) is 12.0. The van der Waals surface area contributed by atoms with Gasteiger partial charge in [0.05, 0.1) is 0 Å². The highest BCUT2D eigenvalue weighted by molar-refractivity contribution is 5.96. The van der Waals surface area contributed by atoms with Crippen LogP contribution in [0.3, 0.4) is 0 Å². The lowest BCUT2D eigenvalue weighted by Crippen LogP contribution is -2.50. The normalized spacial score (nSPS) is 14.8. The predicted octanol–water partition coefficient (Wildman–Crippen LogP) is 4.20. The van der Waals surface area contributed by atoms with Crippen LogP contribution >= 0.6 is 0 Å². The third-order valence-corrected chi connectivity index (χ3v) is 6.42. The zero-order chi connectivity index (χ0) is 24.8. The van der Waals surface area contributed by atoms with E-state index < -0.39 is 11.9 Å². The van der Waals surface area contributed by atoms with Gasteiger partial charge in [-0.1, -0.05) is 43.5 Å². The maximum atomic E-state index is 12.9. The van der Waals surface area contributed by atoms with Crippen LogP contribution in [0.4, 0.5) is 0 Å². The Morgan fingerprint density at radius 2 is 1.57 bits per heavy atom. The Morgan fingerprint density at radius 1 is 0.886 bits per heavy atom. The zero-order valence-electron chi connectivity index (χ0n) is 20.1. The smallest absolute Gasteiger partial charge is 0.287 e. The molecule has 184 valence electrons. The van der Waals surface area contributed by atoms with Crippen molar-refractivity contribution in [3.8, 4) is 11.3 Å². The van der Waals surface area contributed by atoms with E-state index in [9.17, 15) is 14.4 Å². The van der Waals surface area contributed by atoms with Crippen molar-refractivity contribution in [2.24, 2.45) is 5.92 Å². The highest BCUT2D eigenvalue weighted by Crippen LogP contribution is 2.27. The SMILES string of the molecule is CNC(=O)C(NC(=O)c1ccc(-c2ccc(CNC(=O)c3ccc(C)o3)cc2)o1)C1CCCCC1. The van der Waals surface area contributed by atoms with Gasteiger partial charge in [-0.05, 0) is 55.5 Å². The summed E-state index contributed by atoms with van der Waals surface area (Å²) < 4.78 is 11.1. The van der Waals surface area contributed by atoms with E-state index in [0.717, 1.165) is 36.8 Å². The Bertz CT molecular complexity index is 1170. The van der Waals surface area contributed by atoms with Gasteiger partial charge in [0.25, 0.3) is 11.8 Å². The van der Waals surface area contributed by atoms with E-state index in [-0.39, 0.29) is 29.3 Å². The molecule has 0 radical (unpaired) electrons. The maximum absolute atomic E-state index is 12.9. The van der Waals surface area contributed by atoms with Gasteiger partial charge in [0.15, 0.2) is 11.5 Å². The molecule has 0 spiro atoms. The van der Waals surface area contributed by atoms with Crippen LogP contribution in [0.5, 0.6) is 0 Å². The fraction of sp³-hybridized carbons (Fsp3) is 0.370. The molecule has 1 fully saturated rings. The van der Waals surface area contributed by atoms with Crippen molar-refractivity contribution in [1.29, 1.82) is 0 Å². The Kier molecular flexibility index (Phi) is 7.70. The third-order valence-electron chi connectivity index (χ3n) is 6.42. The van der Waals surface area contributed by atoms with Crippen LogP contribution in [0.1, 0.15) is 64.5 Å². The molecule has 0 aliphatic heterocycles. The van der Waals surface area contributed by atoms with Crippen molar-refractivity contribution >= 4 is 17.7 Å². The molecule has 8 heteroatoms. The first kappa shape index (κ1) is 24.3. The van der Waals surface area contributed by atoms with Crippen LogP contribution in [-0.4, -0.2) is 30.8 Å². The first-order chi connectivity index (χ1) is 16.9. The van der Waals surface area contributed by atoms with E-state index in [1.165, 1.54) is 6.42 Å². The van der Waals surface area contributed by atoms with Crippen molar-refractivity contribution in [2.45, 2.75) is 51.6 Å². The number of hydrogen-bond acceptors (Lipinski definition) is 5. The van der Waals surface area contributed by atoms with E-state index in [1.54, 1.807) is 38.2 Å². The van der Waals surface area contributed by atoms with Crippen LogP contribution < -0.4 is 16.0 Å². The summed E-state index contributed by atoms with van der Waals surface area (Å²) in [7, 11) is 1.59. The number of hydrogen-bond donors (Lipinski definition) is 3. The van der Waals surface area contributed by atoms with Crippen LogP contribution in [0.2, 0.25) is 0 Å². The molecule has 1 aliphatic rings. The van der Waals surface area contributed by atoms with E-state index in [0.29, 0.717) is 18.1 Å². The van der Waals surface area contributed by atoms with Crippen LogP contribution in [-0.2, 0) is 11.3 Å². The molecule has 3 N–H and O–H groups in total. The van der Waals surface area contributed by atoms with E-state index in [4.69, 9.17) is 8.83 Å².